The number of rotatable bonds is 7. The zero-order valence-electron chi connectivity index (χ0n) is 15.2. The first kappa shape index (κ1) is 20.0. The molecule has 0 bridgehead atoms. The zero-order chi connectivity index (χ0) is 19.8. The molecule has 0 saturated heterocycles. The van der Waals surface area contributed by atoms with E-state index in [2.05, 4.69) is 10.6 Å². The molecule has 142 valence electrons. The minimum Gasteiger partial charge on any atom is -0.478 e. The summed E-state index contributed by atoms with van der Waals surface area (Å²) in [5, 5.41) is 14.3. The van der Waals surface area contributed by atoms with E-state index in [9.17, 15) is 19.5 Å². The molecule has 0 aliphatic rings. The zero-order valence-corrected chi connectivity index (χ0v) is 15.2. The van der Waals surface area contributed by atoms with Crippen molar-refractivity contribution < 1.29 is 24.2 Å². The number of carbonyl (C=O) groups is 3. The largest absolute Gasteiger partial charge is 0.478 e. The third kappa shape index (κ3) is 5.85. The topological polar surface area (TPSA) is 105 Å². The number of aromatic carboxylic acids is 1. The molecule has 0 heterocycles. The van der Waals surface area contributed by atoms with Gasteiger partial charge in [0.15, 0.2) is 0 Å². The average molecular weight is 370 g/mol. The van der Waals surface area contributed by atoms with Crippen molar-refractivity contribution in [1.82, 2.24) is 0 Å². The van der Waals surface area contributed by atoms with Crippen LogP contribution in [0.1, 0.15) is 46.0 Å². The summed E-state index contributed by atoms with van der Waals surface area (Å²) in [6.07, 6.45) is 1.75. The molecule has 2 aromatic rings. The van der Waals surface area contributed by atoms with Crippen molar-refractivity contribution in [2.75, 3.05) is 17.2 Å². The summed E-state index contributed by atoms with van der Waals surface area (Å²) < 4.78 is 5.12. The summed E-state index contributed by atoms with van der Waals surface area (Å²) in [6.45, 7) is 4.15. The van der Waals surface area contributed by atoms with Gasteiger partial charge >= 0.3 is 18.0 Å². The van der Waals surface area contributed by atoms with Gasteiger partial charge in [-0.3, -0.25) is 0 Å². The molecule has 0 saturated carbocycles. The molecule has 0 fully saturated rings. The monoisotopic (exact) mass is 370 g/mol. The lowest BCUT2D eigenvalue weighted by Gasteiger charge is -2.11. The molecule has 2 aromatic carbocycles. The van der Waals surface area contributed by atoms with Gasteiger partial charge in [-0.25, -0.2) is 14.4 Å². The third-order valence-corrected chi connectivity index (χ3v) is 3.76. The number of esters is 1. The van der Waals surface area contributed by atoms with E-state index in [0.717, 1.165) is 18.4 Å². The van der Waals surface area contributed by atoms with E-state index >= 15 is 0 Å². The van der Waals surface area contributed by atoms with Gasteiger partial charge in [-0.05, 0) is 49.7 Å². The van der Waals surface area contributed by atoms with E-state index in [1.165, 1.54) is 12.1 Å². The Kier molecular flexibility index (Phi) is 6.93. The van der Waals surface area contributed by atoms with Crippen LogP contribution in [0.3, 0.4) is 0 Å². The van der Waals surface area contributed by atoms with Gasteiger partial charge in [-0.15, -0.1) is 0 Å². The van der Waals surface area contributed by atoms with E-state index in [-0.39, 0.29) is 11.3 Å². The van der Waals surface area contributed by atoms with Gasteiger partial charge in [0.1, 0.15) is 0 Å². The number of urea groups is 1. The first-order chi connectivity index (χ1) is 12.9. The Balaban J connectivity index is 1.98. The van der Waals surface area contributed by atoms with Gasteiger partial charge in [-0.1, -0.05) is 25.0 Å². The lowest BCUT2D eigenvalue weighted by molar-refractivity contribution is 0.0499. The van der Waals surface area contributed by atoms with Crippen molar-refractivity contribution in [3.63, 3.8) is 0 Å². The summed E-state index contributed by atoms with van der Waals surface area (Å²) in [5.41, 5.74) is 1.84. The van der Waals surface area contributed by atoms with Crippen LogP contribution < -0.4 is 10.6 Å². The highest BCUT2D eigenvalue weighted by molar-refractivity contribution is 6.04. The Morgan fingerprint density at radius 1 is 1.04 bits per heavy atom. The van der Waals surface area contributed by atoms with Gasteiger partial charge in [0.05, 0.1) is 23.4 Å². The fourth-order valence-electron chi connectivity index (χ4n) is 2.31. The number of ether oxygens (including phenoxy) is 1. The van der Waals surface area contributed by atoms with Crippen LogP contribution in [0.4, 0.5) is 16.2 Å². The highest BCUT2D eigenvalue weighted by Crippen LogP contribution is 2.18. The van der Waals surface area contributed by atoms with Crippen LogP contribution in [0.25, 0.3) is 0 Å². The first-order valence-electron chi connectivity index (χ1n) is 8.60. The van der Waals surface area contributed by atoms with Crippen LogP contribution in [0, 0.1) is 6.92 Å². The molecule has 0 atom stereocenters. The summed E-state index contributed by atoms with van der Waals surface area (Å²) in [4.78, 5) is 35.3. The van der Waals surface area contributed by atoms with Crippen molar-refractivity contribution in [2.24, 2.45) is 0 Å². The molecule has 2 rings (SSSR count). The van der Waals surface area contributed by atoms with Crippen LogP contribution in [-0.4, -0.2) is 29.7 Å². The van der Waals surface area contributed by atoms with Crippen LogP contribution in [0.15, 0.2) is 42.5 Å². The SMILES string of the molecule is CCCCOC(=O)c1ccc(NC(=O)Nc2ccc(C)cc2C(=O)O)cc1. The van der Waals surface area contributed by atoms with E-state index in [0.29, 0.717) is 17.9 Å². The molecule has 3 N–H and O–H groups in total. The Bertz CT molecular complexity index is 831. The minimum atomic E-state index is -1.13. The number of unbranched alkanes of at least 4 members (excludes halogenated alkanes) is 1. The minimum absolute atomic E-state index is 0.00956. The molecular formula is C20H22N2O5. The van der Waals surface area contributed by atoms with E-state index in [4.69, 9.17) is 4.74 Å². The number of anilines is 2. The van der Waals surface area contributed by atoms with E-state index < -0.39 is 18.0 Å². The van der Waals surface area contributed by atoms with Crippen LogP contribution in [-0.2, 0) is 4.74 Å². The molecule has 0 aromatic heterocycles. The fourth-order valence-corrected chi connectivity index (χ4v) is 2.31. The maximum absolute atomic E-state index is 12.1. The molecule has 0 spiro atoms. The van der Waals surface area contributed by atoms with Gasteiger partial charge in [0.2, 0.25) is 0 Å². The van der Waals surface area contributed by atoms with Crippen molar-refractivity contribution in [3.8, 4) is 0 Å². The molecule has 7 nitrogen and oxygen atoms in total. The summed E-state index contributed by atoms with van der Waals surface area (Å²) in [7, 11) is 0. The summed E-state index contributed by atoms with van der Waals surface area (Å²) in [5.74, 6) is -1.54. The van der Waals surface area contributed by atoms with Crippen LogP contribution in [0.5, 0.6) is 0 Å². The number of hydrogen-bond donors (Lipinski definition) is 3. The van der Waals surface area contributed by atoms with Crippen LogP contribution in [0.2, 0.25) is 0 Å². The number of carboxylic acids is 1. The molecule has 2 amide bonds. The molecule has 0 aliphatic heterocycles. The predicted octanol–water partition coefficient (Wildman–Crippen LogP) is 4.29. The Hall–Kier alpha value is -3.35. The maximum atomic E-state index is 12.1. The first-order valence-corrected chi connectivity index (χ1v) is 8.60. The highest BCUT2D eigenvalue weighted by Gasteiger charge is 2.13. The Morgan fingerprint density at radius 2 is 1.74 bits per heavy atom. The van der Waals surface area contributed by atoms with Crippen LogP contribution >= 0.6 is 0 Å². The predicted molar refractivity (Wildman–Crippen MR) is 102 cm³/mol. The van der Waals surface area contributed by atoms with Gasteiger partial charge in [0.25, 0.3) is 0 Å². The summed E-state index contributed by atoms with van der Waals surface area (Å²) >= 11 is 0. The quantitative estimate of drug-likeness (QED) is 0.498. The van der Waals surface area contributed by atoms with Crippen molar-refractivity contribution in [3.05, 3.63) is 59.2 Å². The lowest BCUT2D eigenvalue weighted by atomic mass is 10.1. The van der Waals surface area contributed by atoms with Crippen molar-refractivity contribution >= 4 is 29.3 Å². The highest BCUT2D eigenvalue weighted by atomic mass is 16.5. The fraction of sp³-hybridized carbons (Fsp3) is 0.250. The number of hydrogen-bond acceptors (Lipinski definition) is 4. The second-order valence-electron chi connectivity index (χ2n) is 6.00. The number of nitrogens with one attached hydrogen (secondary N) is 2. The van der Waals surface area contributed by atoms with E-state index in [1.807, 2.05) is 6.92 Å². The van der Waals surface area contributed by atoms with E-state index in [1.54, 1.807) is 37.3 Å². The molecule has 27 heavy (non-hydrogen) atoms. The standard InChI is InChI=1S/C20H22N2O5/c1-3-4-11-27-19(25)14-6-8-15(9-7-14)21-20(26)22-17-10-5-13(2)12-16(17)18(23)24/h5-10,12H,3-4,11H2,1-2H3,(H,23,24)(H2,21,22,26). The van der Waals surface area contributed by atoms with Crippen molar-refractivity contribution in [2.45, 2.75) is 26.7 Å². The Morgan fingerprint density at radius 3 is 2.37 bits per heavy atom. The molecule has 0 aliphatic carbocycles. The Labute approximate surface area is 157 Å². The molecule has 7 heteroatoms. The second kappa shape index (κ2) is 9.38. The lowest BCUT2D eigenvalue weighted by Crippen LogP contribution is -2.21. The summed E-state index contributed by atoms with van der Waals surface area (Å²) in [6, 6.07) is 10.4. The number of carboxylic acid groups (broad SMARTS) is 1. The molecular weight excluding hydrogens is 348 g/mol. The maximum Gasteiger partial charge on any atom is 0.338 e. The van der Waals surface area contributed by atoms with Gasteiger partial charge < -0.3 is 20.5 Å². The normalized spacial score (nSPS) is 10.1. The average Bonchev–Trinajstić information content (AvgIpc) is 2.63. The molecule has 0 unspecified atom stereocenters. The van der Waals surface area contributed by atoms with Gasteiger partial charge in [-0.2, -0.15) is 0 Å². The number of amides is 2. The number of aryl methyl sites for hydroxylation is 1. The number of benzene rings is 2. The van der Waals surface area contributed by atoms with Crippen molar-refractivity contribution in [1.29, 1.82) is 0 Å². The third-order valence-electron chi connectivity index (χ3n) is 3.76. The van der Waals surface area contributed by atoms with Gasteiger partial charge in [0, 0.05) is 5.69 Å². The molecule has 0 radical (unpaired) electrons. The second-order valence-corrected chi connectivity index (χ2v) is 6.00. The number of carbonyl (C=O) groups excluding carboxylic acids is 2. The smallest absolute Gasteiger partial charge is 0.338 e.